The van der Waals surface area contributed by atoms with Crippen LogP contribution in [0.5, 0.6) is 11.5 Å². The van der Waals surface area contributed by atoms with E-state index in [1.54, 1.807) is 54.6 Å². The highest BCUT2D eigenvalue weighted by molar-refractivity contribution is 14.1. The number of aryl methyl sites for hydroxylation is 1. The number of nitrogens with one attached hydrogen (secondary N) is 1. The van der Waals surface area contributed by atoms with E-state index in [1.165, 1.54) is 12.0 Å². The number of thioether (sulfide) groups is 1. The average molecular weight is 683 g/mol. The summed E-state index contributed by atoms with van der Waals surface area (Å²) in [7, 11) is 1.48. The van der Waals surface area contributed by atoms with E-state index in [4.69, 9.17) is 32.7 Å². The normalized spacial score (nSPS) is 14.2. The lowest BCUT2D eigenvalue weighted by molar-refractivity contribution is -0.123. The second-order valence-electron chi connectivity index (χ2n) is 8.23. The van der Waals surface area contributed by atoms with Crippen LogP contribution in [0, 0.1) is 10.5 Å². The zero-order chi connectivity index (χ0) is 27.4. The van der Waals surface area contributed by atoms with Gasteiger partial charge in [-0.15, -0.1) is 0 Å². The molecule has 0 unspecified atom stereocenters. The highest BCUT2D eigenvalue weighted by Crippen LogP contribution is 2.38. The van der Waals surface area contributed by atoms with Crippen LogP contribution in [0.2, 0.25) is 10.0 Å². The maximum atomic E-state index is 12.9. The zero-order valence-corrected chi connectivity index (χ0v) is 24.7. The van der Waals surface area contributed by atoms with Crippen LogP contribution in [0.15, 0.2) is 59.5 Å². The van der Waals surface area contributed by atoms with Crippen molar-refractivity contribution in [3.05, 3.63) is 89.8 Å². The van der Waals surface area contributed by atoms with Crippen LogP contribution in [-0.2, 0) is 16.1 Å². The Morgan fingerprint density at radius 1 is 1.11 bits per heavy atom. The number of hydrogen-bond acceptors (Lipinski definition) is 6. The maximum absolute atomic E-state index is 12.9. The fourth-order valence-electron chi connectivity index (χ4n) is 3.53. The molecule has 0 atom stereocenters. The maximum Gasteiger partial charge on any atom is 0.293 e. The lowest BCUT2D eigenvalue weighted by Gasteiger charge is -2.14. The fraction of sp³-hybridized carbons (Fsp3) is 0.148. The number of methoxy groups -OCH3 is 1. The van der Waals surface area contributed by atoms with Gasteiger partial charge in [0, 0.05) is 15.7 Å². The second-order valence-corrected chi connectivity index (χ2v) is 11.2. The van der Waals surface area contributed by atoms with E-state index in [0.717, 1.165) is 22.9 Å². The molecule has 38 heavy (non-hydrogen) atoms. The van der Waals surface area contributed by atoms with Crippen molar-refractivity contribution >= 4 is 86.4 Å². The van der Waals surface area contributed by atoms with Gasteiger partial charge in [-0.05, 0) is 100 Å². The van der Waals surface area contributed by atoms with E-state index in [2.05, 4.69) is 27.9 Å². The summed E-state index contributed by atoms with van der Waals surface area (Å²) in [6.07, 6.45) is 1.63. The van der Waals surface area contributed by atoms with Crippen molar-refractivity contribution in [2.45, 2.75) is 13.5 Å². The lowest BCUT2D eigenvalue weighted by Crippen LogP contribution is -2.27. The van der Waals surface area contributed by atoms with Gasteiger partial charge in [-0.25, -0.2) is 0 Å². The number of ether oxygens (including phenoxy) is 2. The highest BCUT2D eigenvalue weighted by atomic mass is 127. The molecule has 0 bridgehead atoms. The van der Waals surface area contributed by atoms with Gasteiger partial charge in [0.25, 0.3) is 17.1 Å². The molecule has 1 aliphatic heterocycles. The Kier molecular flexibility index (Phi) is 9.24. The molecule has 3 amide bonds. The molecule has 1 saturated heterocycles. The predicted octanol–water partition coefficient (Wildman–Crippen LogP) is 7.17. The molecule has 3 aromatic carbocycles. The van der Waals surface area contributed by atoms with E-state index in [9.17, 15) is 14.4 Å². The molecule has 0 radical (unpaired) electrons. The number of nitrogens with zero attached hydrogens (tertiary/aromatic N) is 1. The Hall–Kier alpha value is -2.73. The molecule has 7 nitrogen and oxygen atoms in total. The summed E-state index contributed by atoms with van der Waals surface area (Å²) in [5.74, 6) is 0.0336. The van der Waals surface area contributed by atoms with Crippen LogP contribution in [0.3, 0.4) is 0 Å². The first-order chi connectivity index (χ1) is 18.1. The molecule has 3 aromatic rings. The smallest absolute Gasteiger partial charge is 0.293 e. The monoisotopic (exact) mass is 682 g/mol. The number of benzene rings is 3. The SMILES string of the molecule is COc1cc(/C=C2\SC(=O)N(Cc3ccc(Cl)cc3)C2=O)cc(I)c1OCC(=O)Nc1ccc(C)c(Cl)c1. The third kappa shape index (κ3) is 6.82. The van der Waals surface area contributed by atoms with Gasteiger partial charge in [-0.2, -0.15) is 0 Å². The van der Waals surface area contributed by atoms with Crippen LogP contribution in [0.1, 0.15) is 16.7 Å². The minimum Gasteiger partial charge on any atom is -0.493 e. The third-order valence-corrected chi connectivity index (χ3v) is 7.85. The van der Waals surface area contributed by atoms with Crippen molar-refractivity contribution in [2.24, 2.45) is 0 Å². The van der Waals surface area contributed by atoms with Gasteiger partial charge in [0.15, 0.2) is 18.1 Å². The van der Waals surface area contributed by atoms with Gasteiger partial charge in [-0.3, -0.25) is 19.3 Å². The van der Waals surface area contributed by atoms with Crippen molar-refractivity contribution in [3.63, 3.8) is 0 Å². The molecule has 0 aromatic heterocycles. The summed E-state index contributed by atoms with van der Waals surface area (Å²) < 4.78 is 11.9. The van der Waals surface area contributed by atoms with Gasteiger partial charge in [0.1, 0.15) is 0 Å². The molecule has 196 valence electrons. The summed E-state index contributed by atoms with van der Waals surface area (Å²) in [6.45, 7) is 1.78. The van der Waals surface area contributed by atoms with Crippen LogP contribution in [0.25, 0.3) is 6.08 Å². The molecular formula is C27H21Cl2IN2O5S. The van der Waals surface area contributed by atoms with Crippen LogP contribution >= 0.6 is 57.6 Å². The first-order valence-electron chi connectivity index (χ1n) is 11.2. The van der Waals surface area contributed by atoms with Gasteiger partial charge >= 0.3 is 0 Å². The number of hydrogen-bond donors (Lipinski definition) is 1. The minimum atomic E-state index is -0.378. The Bertz CT molecular complexity index is 1450. The first-order valence-corrected chi connectivity index (χ1v) is 13.9. The molecule has 11 heteroatoms. The van der Waals surface area contributed by atoms with Crippen molar-refractivity contribution in [1.82, 2.24) is 4.90 Å². The molecular weight excluding hydrogens is 662 g/mol. The van der Waals surface area contributed by atoms with Crippen LogP contribution in [0.4, 0.5) is 10.5 Å². The van der Waals surface area contributed by atoms with E-state index in [0.29, 0.717) is 41.3 Å². The molecule has 0 spiro atoms. The molecule has 1 N–H and O–H groups in total. The van der Waals surface area contributed by atoms with Gasteiger partial charge in [0.2, 0.25) is 0 Å². The number of anilines is 1. The van der Waals surface area contributed by atoms with E-state index < -0.39 is 0 Å². The van der Waals surface area contributed by atoms with Crippen molar-refractivity contribution in [1.29, 1.82) is 0 Å². The van der Waals surface area contributed by atoms with Gasteiger partial charge < -0.3 is 14.8 Å². The summed E-state index contributed by atoms with van der Waals surface area (Å²) in [5, 5.41) is 3.53. The number of halogens is 3. The molecule has 0 saturated carbocycles. The van der Waals surface area contributed by atoms with Gasteiger partial charge in [-0.1, -0.05) is 41.4 Å². The van der Waals surface area contributed by atoms with E-state index in [-0.39, 0.29) is 30.2 Å². The quantitative estimate of drug-likeness (QED) is 0.200. The Labute approximate surface area is 247 Å². The van der Waals surface area contributed by atoms with Crippen LogP contribution in [-0.4, -0.2) is 35.7 Å². The molecule has 1 heterocycles. The number of rotatable bonds is 8. The number of amides is 3. The summed E-state index contributed by atoms with van der Waals surface area (Å²) in [6, 6.07) is 15.7. The Balaban J connectivity index is 1.45. The topological polar surface area (TPSA) is 84.9 Å². The Morgan fingerprint density at radius 2 is 1.84 bits per heavy atom. The van der Waals surface area contributed by atoms with E-state index in [1.807, 2.05) is 13.0 Å². The second kappa shape index (κ2) is 12.4. The lowest BCUT2D eigenvalue weighted by atomic mass is 10.1. The van der Waals surface area contributed by atoms with Gasteiger partial charge in [0.05, 0.1) is 22.1 Å². The fourth-order valence-corrected chi connectivity index (χ4v) is 5.45. The molecule has 1 aliphatic rings. The van der Waals surface area contributed by atoms with Crippen LogP contribution < -0.4 is 14.8 Å². The third-order valence-electron chi connectivity index (χ3n) is 5.48. The van der Waals surface area contributed by atoms with Crippen molar-refractivity contribution in [3.8, 4) is 11.5 Å². The highest BCUT2D eigenvalue weighted by Gasteiger charge is 2.35. The molecule has 4 rings (SSSR count). The summed E-state index contributed by atoms with van der Waals surface area (Å²) in [5.41, 5.74) is 2.92. The first kappa shape index (κ1) is 28.3. The summed E-state index contributed by atoms with van der Waals surface area (Å²) in [4.78, 5) is 39.4. The summed E-state index contributed by atoms with van der Waals surface area (Å²) >= 11 is 15.0. The van der Waals surface area contributed by atoms with E-state index >= 15 is 0 Å². The zero-order valence-electron chi connectivity index (χ0n) is 20.2. The number of carbonyl (C=O) groups excluding carboxylic acids is 3. The standard InChI is InChI=1S/C27H21Cl2IN2O5S/c1-15-3-8-19(12-20(15)29)31-24(33)14-37-25-21(30)9-17(10-22(25)36-2)11-23-26(34)32(27(35)38-23)13-16-4-6-18(28)7-5-16/h3-12H,13-14H2,1-2H3,(H,31,33)/b23-11-. The minimum absolute atomic E-state index is 0.156. The van der Waals surface area contributed by atoms with Crippen molar-refractivity contribution in [2.75, 3.05) is 19.0 Å². The predicted molar refractivity (Wildman–Crippen MR) is 159 cm³/mol. The Morgan fingerprint density at radius 3 is 2.53 bits per heavy atom. The average Bonchev–Trinajstić information content (AvgIpc) is 3.13. The van der Waals surface area contributed by atoms with Crippen molar-refractivity contribution < 1.29 is 23.9 Å². The molecule has 1 fully saturated rings. The largest absolute Gasteiger partial charge is 0.493 e. The number of imide groups is 1. The molecule has 0 aliphatic carbocycles. The number of carbonyl (C=O) groups is 3.